The van der Waals surface area contributed by atoms with Crippen molar-refractivity contribution in [1.29, 1.82) is 0 Å². The van der Waals surface area contributed by atoms with Crippen LogP contribution in [0.4, 0.5) is 0 Å². The summed E-state index contributed by atoms with van der Waals surface area (Å²) in [7, 11) is 0. The fourth-order valence-electron chi connectivity index (χ4n) is 2.11. The number of carbonyl (C=O) groups is 1. The van der Waals surface area contributed by atoms with E-state index in [0.29, 0.717) is 17.0 Å². The van der Waals surface area contributed by atoms with Gasteiger partial charge >= 0.3 is 0 Å². The Morgan fingerprint density at radius 1 is 1.24 bits per heavy atom. The van der Waals surface area contributed by atoms with Crippen molar-refractivity contribution in [2.45, 2.75) is 19.4 Å². The second-order valence-corrected chi connectivity index (χ2v) is 5.41. The summed E-state index contributed by atoms with van der Waals surface area (Å²) < 4.78 is 0. The standard InChI is InChI=1S/C17H18ClNO2/c1-12-9-14(7-8-16(12)18)17(21)19-15(11-20)10-13-5-3-2-4-6-13/h2-9,15,20H,10-11H2,1H3,(H,19,21)/t15-/m0/s1. The fraction of sp³-hybridized carbons (Fsp3) is 0.235. The Bertz CT molecular complexity index is 613. The van der Waals surface area contributed by atoms with E-state index in [9.17, 15) is 9.90 Å². The quantitative estimate of drug-likeness (QED) is 0.892. The summed E-state index contributed by atoms with van der Waals surface area (Å²) >= 11 is 5.95. The Kier molecular flexibility index (Phi) is 5.37. The van der Waals surface area contributed by atoms with E-state index in [2.05, 4.69) is 5.32 Å². The molecule has 3 nitrogen and oxygen atoms in total. The second-order valence-electron chi connectivity index (χ2n) is 5.01. The monoisotopic (exact) mass is 303 g/mol. The molecule has 2 rings (SSSR count). The van der Waals surface area contributed by atoms with E-state index in [-0.39, 0.29) is 18.6 Å². The van der Waals surface area contributed by atoms with Crippen LogP contribution in [0.3, 0.4) is 0 Å². The van der Waals surface area contributed by atoms with Gasteiger partial charge in [0, 0.05) is 10.6 Å². The van der Waals surface area contributed by atoms with Gasteiger partial charge in [-0.3, -0.25) is 4.79 Å². The van der Waals surface area contributed by atoms with Crippen molar-refractivity contribution < 1.29 is 9.90 Å². The molecule has 0 aliphatic carbocycles. The normalized spacial score (nSPS) is 12.0. The van der Waals surface area contributed by atoms with Gasteiger partial charge in [-0.2, -0.15) is 0 Å². The van der Waals surface area contributed by atoms with E-state index < -0.39 is 0 Å². The van der Waals surface area contributed by atoms with Crippen LogP contribution >= 0.6 is 11.6 Å². The van der Waals surface area contributed by atoms with Crippen LogP contribution in [0.2, 0.25) is 5.02 Å². The molecule has 21 heavy (non-hydrogen) atoms. The van der Waals surface area contributed by atoms with E-state index in [1.807, 2.05) is 37.3 Å². The number of rotatable bonds is 5. The first-order valence-corrected chi connectivity index (χ1v) is 7.19. The molecule has 1 amide bonds. The van der Waals surface area contributed by atoms with Crippen LogP contribution in [0, 0.1) is 6.92 Å². The first-order chi connectivity index (χ1) is 10.1. The molecule has 2 aromatic carbocycles. The van der Waals surface area contributed by atoms with Gasteiger partial charge in [0.25, 0.3) is 5.91 Å². The van der Waals surface area contributed by atoms with Gasteiger partial charge in [-0.15, -0.1) is 0 Å². The largest absolute Gasteiger partial charge is 0.394 e. The number of aliphatic hydroxyl groups is 1. The highest BCUT2D eigenvalue weighted by atomic mass is 35.5. The van der Waals surface area contributed by atoms with Gasteiger partial charge < -0.3 is 10.4 Å². The van der Waals surface area contributed by atoms with Gasteiger partial charge in [-0.25, -0.2) is 0 Å². The van der Waals surface area contributed by atoms with E-state index in [1.54, 1.807) is 18.2 Å². The topological polar surface area (TPSA) is 49.3 Å². The van der Waals surface area contributed by atoms with Crippen LogP contribution in [0.1, 0.15) is 21.5 Å². The first-order valence-electron chi connectivity index (χ1n) is 6.82. The van der Waals surface area contributed by atoms with Gasteiger partial charge in [0.15, 0.2) is 0 Å². The molecular formula is C17H18ClNO2. The number of hydrogen-bond acceptors (Lipinski definition) is 2. The minimum Gasteiger partial charge on any atom is -0.394 e. The van der Waals surface area contributed by atoms with Crippen molar-refractivity contribution in [2.75, 3.05) is 6.61 Å². The number of carbonyl (C=O) groups excluding carboxylic acids is 1. The maximum atomic E-state index is 12.2. The lowest BCUT2D eigenvalue weighted by Gasteiger charge is -2.16. The van der Waals surface area contributed by atoms with E-state index in [4.69, 9.17) is 11.6 Å². The molecule has 0 saturated heterocycles. The van der Waals surface area contributed by atoms with Gasteiger partial charge in [0.1, 0.15) is 0 Å². The van der Waals surface area contributed by atoms with Gasteiger partial charge in [0.2, 0.25) is 0 Å². The third kappa shape index (κ3) is 4.31. The summed E-state index contributed by atoms with van der Waals surface area (Å²) in [4.78, 5) is 12.2. The number of aliphatic hydroxyl groups excluding tert-OH is 1. The Morgan fingerprint density at radius 2 is 1.95 bits per heavy atom. The molecule has 0 aliphatic rings. The Hall–Kier alpha value is -1.84. The molecule has 0 aliphatic heterocycles. The average molecular weight is 304 g/mol. The maximum absolute atomic E-state index is 12.2. The van der Waals surface area contributed by atoms with Crippen LogP contribution in [-0.2, 0) is 6.42 Å². The third-order valence-corrected chi connectivity index (χ3v) is 3.72. The van der Waals surface area contributed by atoms with E-state index in [0.717, 1.165) is 11.1 Å². The van der Waals surface area contributed by atoms with Crippen molar-refractivity contribution in [1.82, 2.24) is 5.32 Å². The van der Waals surface area contributed by atoms with Crippen LogP contribution in [0.25, 0.3) is 0 Å². The molecule has 0 aromatic heterocycles. The van der Waals surface area contributed by atoms with Crippen molar-refractivity contribution in [3.63, 3.8) is 0 Å². The van der Waals surface area contributed by atoms with Crippen LogP contribution in [0.15, 0.2) is 48.5 Å². The lowest BCUT2D eigenvalue weighted by atomic mass is 10.1. The molecule has 4 heteroatoms. The molecule has 1 atom stereocenters. The molecule has 0 spiro atoms. The molecule has 0 heterocycles. The summed E-state index contributed by atoms with van der Waals surface area (Å²) in [5, 5.41) is 12.9. The second kappa shape index (κ2) is 7.25. The van der Waals surface area contributed by atoms with Crippen molar-refractivity contribution in [2.24, 2.45) is 0 Å². The predicted octanol–water partition coefficient (Wildman–Crippen LogP) is 2.98. The zero-order valence-corrected chi connectivity index (χ0v) is 12.6. The summed E-state index contributed by atoms with van der Waals surface area (Å²) in [5.41, 5.74) is 2.47. The number of benzene rings is 2. The summed E-state index contributed by atoms with van der Waals surface area (Å²) in [6.45, 7) is 1.75. The number of nitrogens with one attached hydrogen (secondary N) is 1. The predicted molar refractivity (Wildman–Crippen MR) is 84.7 cm³/mol. The number of halogens is 1. The number of aryl methyl sites for hydroxylation is 1. The summed E-state index contributed by atoms with van der Waals surface area (Å²) in [6.07, 6.45) is 0.593. The highest BCUT2D eigenvalue weighted by Crippen LogP contribution is 2.16. The molecule has 0 bridgehead atoms. The maximum Gasteiger partial charge on any atom is 0.251 e. The molecule has 0 radical (unpaired) electrons. The Balaban J connectivity index is 2.04. The molecule has 0 unspecified atom stereocenters. The van der Waals surface area contributed by atoms with E-state index >= 15 is 0 Å². The average Bonchev–Trinajstić information content (AvgIpc) is 2.50. The van der Waals surface area contributed by atoms with Gasteiger partial charge in [-0.05, 0) is 42.7 Å². The minimum absolute atomic E-state index is 0.104. The van der Waals surface area contributed by atoms with E-state index in [1.165, 1.54) is 0 Å². The molecule has 110 valence electrons. The van der Waals surface area contributed by atoms with Crippen LogP contribution < -0.4 is 5.32 Å². The highest BCUT2D eigenvalue weighted by molar-refractivity contribution is 6.31. The molecule has 0 saturated carbocycles. The highest BCUT2D eigenvalue weighted by Gasteiger charge is 2.14. The molecular weight excluding hydrogens is 286 g/mol. The van der Waals surface area contributed by atoms with Crippen molar-refractivity contribution in [3.8, 4) is 0 Å². The molecule has 2 aromatic rings. The minimum atomic E-state index is -0.309. The zero-order chi connectivity index (χ0) is 15.2. The van der Waals surface area contributed by atoms with Crippen LogP contribution in [0.5, 0.6) is 0 Å². The SMILES string of the molecule is Cc1cc(C(=O)N[C@H](CO)Cc2ccccc2)ccc1Cl. The molecule has 0 fully saturated rings. The van der Waals surface area contributed by atoms with Gasteiger partial charge in [0.05, 0.1) is 12.6 Å². The lowest BCUT2D eigenvalue weighted by molar-refractivity contribution is 0.0916. The summed E-state index contributed by atoms with van der Waals surface area (Å²) in [5.74, 6) is -0.204. The number of hydrogen-bond donors (Lipinski definition) is 2. The van der Waals surface area contributed by atoms with Crippen molar-refractivity contribution in [3.05, 3.63) is 70.2 Å². The number of amides is 1. The lowest BCUT2D eigenvalue weighted by Crippen LogP contribution is -2.39. The first kappa shape index (κ1) is 15.5. The summed E-state index contributed by atoms with van der Waals surface area (Å²) in [6, 6.07) is 14.6. The smallest absolute Gasteiger partial charge is 0.251 e. The zero-order valence-electron chi connectivity index (χ0n) is 11.8. The van der Waals surface area contributed by atoms with Crippen molar-refractivity contribution >= 4 is 17.5 Å². The Labute approximate surface area is 129 Å². The molecule has 2 N–H and O–H groups in total. The third-order valence-electron chi connectivity index (χ3n) is 3.30. The fourth-order valence-corrected chi connectivity index (χ4v) is 2.23. The van der Waals surface area contributed by atoms with Gasteiger partial charge in [-0.1, -0.05) is 41.9 Å². The van der Waals surface area contributed by atoms with Crippen LogP contribution in [-0.4, -0.2) is 23.7 Å². The Morgan fingerprint density at radius 3 is 2.57 bits per heavy atom.